The number of halogens is 1. The van der Waals surface area contributed by atoms with Crippen molar-refractivity contribution in [3.63, 3.8) is 0 Å². The molecular formula is C10H9ClO2S. The van der Waals surface area contributed by atoms with Crippen LogP contribution in [0.1, 0.15) is 10.4 Å². The third-order valence-corrected chi connectivity index (χ3v) is 3.47. The van der Waals surface area contributed by atoms with E-state index in [4.69, 9.17) is 16.3 Å². The largest absolute Gasteiger partial charge is 0.379 e. The van der Waals surface area contributed by atoms with Gasteiger partial charge in [-0.05, 0) is 18.2 Å². The smallest absolute Gasteiger partial charge is 0.151 e. The van der Waals surface area contributed by atoms with Crippen LogP contribution in [0.15, 0.2) is 23.1 Å². The second kappa shape index (κ2) is 4.34. The second-order valence-corrected chi connectivity index (χ2v) is 4.86. The lowest BCUT2D eigenvalue weighted by Crippen LogP contribution is -2.30. The van der Waals surface area contributed by atoms with Gasteiger partial charge >= 0.3 is 0 Å². The quantitative estimate of drug-likeness (QED) is 0.744. The summed E-state index contributed by atoms with van der Waals surface area (Å²) in [5.74, 6) is 0. The Morgan fingerprint density at radius 1 is 1.50 bits per heavy atom. The van der Waals surface area contributed by atoms with Crippen molar-refractivity contribution >= 4 is 29.6 Å². The zero-order chi connectivity index (χ0) is 9.97. The lowest BCUT2D eigenvalue weighted by atomic mass is 10.2. The average Bonchev–Trinajstić information content (AvgIpc) is 2.13. The van der Waals surface area contributed by atoms with E-state index in [0.717, 1.165) is 24.4 Å². The Hall–Kier alpha value is -0.510. The fraction of sp³-hybridized carbons (Fsp3) is 0.300. The molecule has 0 aromatic heterocycles. The van der Waals surface area contributed by atoms with Gasteiger partial charge < -0.3 is 4.74 Å². The first-order valence-corrected chi connectivity index (χ1v) is 5.54. The summed E-state index contributed by atoms with van der Waals surface area (Å²) in [6, 6.07) is 5.38. The SMILES string of the molecule is O=Cc1cc(Cl)ccc1SC1COC1. The predicted octanol–water partition coefficient (Wildman–Crippen LogP) is 2.64. The van der Waals surface area contributed by atoms with Crippen molar-refractivity contribution in [3.8, 4) is 0 Å². The van der Waals surface area contributed by atoms with Crippen LogP contribution >= 0.6 is 23.4 Å². The highest BCUT2D eigenvalue weighted by atomic mass is 35.5. The van der Waals surface area contributed by atoms with Gasteiger partial charge in [0.1, 0.15) is 0 Å². The third-order valence-electron chi connectivity index (χ3n) is 2.00. The number of hydrogen-bond donors (Lipinski definition) is 0. The molecule has 74 valence electrons. The Kier molecular flexibility index (Phi) is 3.11. The van der Waals surface area contributed by atoms with Gasteiger partial charge in [-0.25, -0.2) is 0 Å². The van der Waals surface area contributed by atoms with Gasteiger partial charge in [-0.1, -0.05) is 11.6 Å². The van der Waals surface area contributed by atoms with Gasteiger partial charge in [0, 0.05) is 15.5 Å². The molecule has 0 amide bonds. The molecule has 0 saturated carbocycles. The number of carbonyl (C=O) groups excluding carboxylic acids is 1. The molecule has 0 unspecified atom stereocenters. The van der Waals surface area contributed by atoms with Gasteiger partial charge in [0.15, 0.2) is 6.29 Å². The Bertz CT molecular complexity index is 350. The van der Waals surface area contributed by atoms with Crippen molar-refractivity contribution in [3.05, 3.63) is 28.8 Å². The van der Waals surface area contributed by atoms with E-state index >= 15 is 0 Å². The molecule has 2 rings (SSSR count). The van der Waals surface area contributed by atoms with Crippen LogP contribution in [0.4, 0.5) is 0 Å². The van der Waals surface area contributed by atoms with Crippen LogP contribution in [0.2, 0.25) is 5.02 Å². The molecule has 0 N–H and O–H groups in total. The molecule has 1 saturated heterocycles. The first kappa shape index (κ1) is 10.0. The molecule has 1 aromatic carbocycles. The van der Waals surface area contributed by atoms with Crippen molar-refractivity contribution < 1.29 is 9.53 Å². The summed E-state index contributed by atoms with van der Waals surface area (Å²) in [5.41, 5.74) is 0.661. The van der Waals surface area contributed by atoms with Gasteiger partial charge in [-0.15, -0.1) is 11.8 Å². The van der Waals surface area contributed by atoms with Gasteiger partial charge in [0.2, 0.25) is 0 Å². The molecule has 0 bridgehead atoms. The van der Waals surface area contributed by atoms with E-state index in [1.165, 1.54) is 0 Å². The third kappa shape index (κ3) is 2.11. The summed E-state index contributed by atoms with van der Waals surface area (Å²) < 4.78 is 5.07. The number of benzene rings is 1. The van der Waals surface area contributed by atoms with E-state index in [9.17, 15) is 4.79 Å². The van der Waals surface area contributed by atoms with Crippen LogP contribution in [0, 0.1) is 0 Å². The fourth-order valence-corrected chi connectivity index (χ4v) is 2.44. The fourth-order valence-electron chi connectivity index (χ4n) is 1.18. The molecule has 0 atom stereocenters. The number of aldehydes is 1. The minimum atomic E-state index is 0.481. The standard InChI is InChI=1S/C10H9ClO2S/c11-8-1-2-10(7(3-8)4-12)14-9-5-13-6-9/h1-4,9H,5-6H2. The van der Waals surface area contributed by atoms with E-state index in [-0.39, 0.29) is 0 Å². The van der Waals surface area contributed by atoms with Crippen molar-refractivity contribution in [2.24, 2.45) is 0 Å². The summed E-state index contributed by atoms with van der Waals surface area (Å²) in [5, 5.41) is 1.08. The van der Waals surface area contributed by atoms with E-state index in [2.05, 4.69) is 0 Å². The molecule has 1 aliphatic rings. The summed E-state index contributed by atoms with van der Waals surface area (Å²) in [4.78, 5) is 11.7. The number of rotatable bonds is 3. The van der Waals surface area contributed by atoms with E-state index in [1.54, 1.807) is 23.9 Å². The van der Waals surface area contributed by atoms with E-state index < -0.39 is 0 Å². The molecule has 0 spiro atoms. The maximum Gasteiger partial charge on any atom is 0.151 e. The van der Waals surface area contributed by atoms with Crippen molar-refractivity contribution in [2.45, 2.75) is 10.1 Å². The molecule has 1 fully saturated rings. The first-order valence-electron chi connectivity index (χ1n) is 4.29. The molecule has 4 heteroatoms. The summed E-state index contributed by atoms with van der Waals surface area (Å²) >= 11 is 7.46. The van der Waals surface area contributed by atoms with Crippen LogP contribution < -0.4 is 0 Å². The zero-order valence-corrected chi connectivity index (χ0v) is 8.98. The lowest BCUT2D eigenvalue weighted by Gasteiger charge is -2.25. The maximum atomic E-state index is 10.8. The minimum absolute atomic E-state index is 0.481. The van der Waals surface area contributed by atoms with E-state index in [1.807, 2.05) is 6.07 Å². The molecule has 14 heavy (non-hydrogen) atoms. The van der Waals surface area contributed by atoms with Gasteiger partial charge in [0.05, 0.1) is 18.5 Å². The Balaban J connectivity index is 2.18. The van der Waals surface area contributed by atoms with Crippen molar-refractivity contribution in [1.82, 2.24) is 0 Å². The second-order valence-electron chi connectivity index (χ2n) is 3.08. The number of carbonyl (C=O) groups is 1. The highest BCUT2D eigenvalue weighted by Gasteiger charge is 2.20. The van der Waals surface area contributed by atoms with Crippen LogP contribution in [0.3, 0.4) is 0 Å². The zero-order valence-electron chi connectivity index (χ0n) is 7.40. The van der Waals surface area contributed by atoms with Gasteiger partial charge in [-0.2, -0.15) is 0 Å². The molecule has 0 aliphatic carbocycles. The highest BCUT2D eigenvalue weighted by Crippen LogP contribution is 2.31. The first-order chi connectivity index (χ1) is 6.79. The Labute approximate surface area is 91.6 Å². The van der Waals surface area contributed by atoms with Crippen LogP contribution in [0.5, 0.6) is 0 Å². The molecule has 2 nitrogen and oxygen atoms in total. The lowest BCUT2D eigenvalue weighted by molar-refractivity contribution is 0.0455. The predicted molar refractivity (Wildman–Crippen MR) is 57.3 cm³/mol. The summed E-state index contributed by atoms with van der Waals surface area (Å²) in [6.07, 6.45) is 0.841. The summed E-state index contributed by atoms with van der Waals surface area (Å²) in [7, 11) is 0. The van der Waals surface area contributed by atoms with Crippen LogP contribution in [-0.2, 0) is 4.74 Å². The molecular weight excluding hydrogens is 220 g/mol. The minimum Gasteiger partial charge on any atom is -0.379 e. The molecule has 1 aromatic rings. The van der Waals surface area contributed by atoms with Crippen LogP contribution in [0.25, 0.3) is 0 Å². The molecule has 1 heterocycles. The maximum absolute atomic E-state index is 10.8. The topological polar surface area (TPSA) is 26.3 Å². The molecule has 0 radical (unpaired) electrons. The number of hydrogen-bond acceptors (Lipinski definition) is 3. The van der Waals surface area contributed by atoms with Gasteiger partial charge in [-0.3, -0.25) is 4.79 Å². The molecule has 1 aliphatic heterocycles. The van der Waals surface area contributed by atoms with Gasteiger partial charge in [0.25, 0.3) is 0 Å². The average molecular weight is 229 g/mol. The van der Waals surface area contributed by atoms with Crippen LogP contribution in [-0.4, -0.2) is 24.7 Å². The van der Waals surface area contributed by atoms with Crippen molar-refractivity contribution in [2.75, 3.05) is 13.2 Å². The van der Waals surface area contributed by atoms with E-state index in [0.29, 0.717) is 15.8 Å². The Morgan fingerprint density at radius 2 is 2.29 bits per heavy atom. The Morgan fingerprint density at radius 3 is 2.86 bits per heavy atom. The van der Waals surface area contributed by atoms with Crippen molar-refractivity contribution in [1.29, 1.82) is 0 Å². The normalized spacial score (nSPS) is 16.4. The number of thioether (sulfide) groups is 1. The monoisotopic (exact) mass is 228 g/mol. The number of ether oxygens (including phenoxy) is 1. The highest BCUT2D eigenvalue weighted by molar-refractivity contribution is 8.00. The summed E-state index contributed by atoms with van der Waals surface area (Å²) in [6.45, 7) is 1.54.